The van der Waals surface area contributed by atoms with Crippen molar-refractivity contribution in [2.45, 2.75) is 44.1 Å². The summed E-state index contributed by atoms with van der Waals surface area (Å²) >= 11 is 0. The molecule has 1 amide bonds. The predicted molar refractivity (Wildman–Crippen MR) is 113 cm³/mol. The molecule has 0 radical (unpaired) electrons. The predicted octanol–water partition coefficient (Wildman–Crippen LogP) is 4.02. The van der Waals surface area contributed by atoms with Gasteiger partial charge in [-0.1, -0.05) is 43.9 Å². The average Bonchev–Trinajstić information content (AvgIpc) is 2.99. The molecule has 1 heterocycles. The Kier molecular flexibility index (Phi) is 6.43. The van der Waals surface area contributed by atoms with Gasteiger partial charge in [-0.25, -0.2) is 0 Å². The van der Waals surface area contributed by atoms with Gasteiger partial charge in [-0.15, -0.1) is 0 Å². The maximum absolute atomic E-state index is 12.5. The van der Waals surface area contributed by atoms with Gasteiger partial charge in [0.2, 0.25) is 0 Å². The number of aliphatic hydroxyl groups is 1. The number of nitrogens with zero attached hydrogens (tertiary/aromatic N) is 1. The van der Waals surface area contributed by atoms with E-state index in [1.54, 1.807) is 17.0 Å². The molecule has 0 aromatic heterocycles. The first-order chi connectivity index (χ1) is 14.6. The van der Waals surface area contributed by atoms with Crippen molar-refractivity contribution in [1.29, 1.82) is 0 Å². The van der Waals surface area contributed by atoms with Crippen molar-refractivity contribution >= 4 is 5.91 Å². The van der Waals surface area contributed by atoms with Gasteiger partial charge >= 0.3 is 0 Å². The molecule has 2 aromatic carbocycles. The highest BCUT2D eigenvalue weighted by Gasteiger charge is 2.29. The highest BCUT2D eigenvalue weighted by molar-refractivity contribution is 5.97. The summed E-state index contributed by atoms with van der Waals surface area (Å²) in [6.07, 6.45) is 6.04. The quantitative estimate of drug-likeness (QED) is 0.697. The number of para-hydroxylation sites is 1. The van der Waals surface area contributed by atoms with Crippen LogP contribution in [0.3, 0.4) is 0 Å². The molecule has 2 aliphatic rings. The summed E-state index contributed by atoms with van der Waals surface area (Å²) in [6, 6.07) is 14.7. The maximum Gasteiger partial charge on any atom is 0.260 e. The number of benzene rings is 2. The zero-order valence-electron chi connectivity index (χ0n) is 17.2. The normalized spacial score (nSPS) is 18.2. The van der Waals surface area contributed by atoms with Crippen LogP contribution in [0.1, 0.15) is 48.9 Å². The van der Waals surface area contributed by atoms with Crippen molar-refractivity contribution in [1.82, 2.24) is 4.90 Å². The van der Waals surface area contributed by atoms with Crippen LogP contribution in [0, 0.1) is 0 Å². The van der Waals surface area contributed by atoms with E-state index < -0.39 is 5.60 Å². The number of carbonyl (C=O) groups excluding carboxylic acids is 1. The summed E-state index contributed by atoms with van der Waals surface area (Å²) in [4.78, 5) is 14.2. The first-order valence-corrected chi connectivity index (χ1v) is 10.7. The summed E-state index contributed by atoms with van der Waals surface area (Å²) < 4.78 is 17.4. The van der Waals surface area contributed by atoms with Crippen LogP contribution in [-0.4, -0.2) is 48.0 Å². The van der Waals surface area contributed by atoms with Crippen LogP contribution in [0.25, 0.3) is 0 Å². The lowest BCUT2D eigenvalue weighted by Crippen LogP contribution is -2.40. The second kappa shape index (κ2) is 9.39. The second-order valence-electron chi connectivity index (χ2n) is 8.09. The van der Waals surface area contributed by atoms with E-state index in [4.69, 9.17) is 14.2 Å². The topological polar surface area (TPSA) is 68.2 Å². The molecular formula is C24H29NO5. The molecule has 6 nitrogen and oxygen atoms in total. The van der Waals surface area contributed by atoms with E-state index >= 15 is 0 Å². The van der Waals surface area contributed by atoms with Crippen molar-refractivity contribution < 1.29 is 24.1 Å². The maximum atomic E-state index is 12.5. The lowest BCUT2D eigenvalue weighted by Gasteiger charge is -2.28. The van der Waals surface area contributed by atoms with Crippen LogP contribution in [0.2, 0.25) is 0 Å². The Balaban J connectivity index is 1.27. The van der Waals surface area contributed by atoms with Crippen LogP contribution in [0.5, 0.6) is 17.2 Å². The standard InChI is InChI=1S/C24H29NO5/c26-23-21-10-3-4-11-22(21)30-18-25(23)14-15-28-19-8-7-9-20(16-19)29-17-24(27)12-5-1-2-6-13-24/h3-4,7-11,16,27H,1-2,5-6,12-15,17-18H2. The van der Waals surface area contributed by atoms with Gasteiger partial charge in [0.1, 0.15) is 30.5 Å². The molecule has 0 unspecified atom stereocenters. The molecule has 6 heteroatoms. The fourth-order valence-electron chi connectivity index (χ4n) is 3.99. The van der Waals surface area contributed by atoms with E-state index in [2.05, 4.69) is 0 Å². The average molecular weight is 411 g/mol. The van der Waals surface area contributed by atoms with Crippen LogP contribution in [-0.2, 0) is 0 Å². The molecule has 0 saturated heterocycles. The van der Waals surface area contributed by atoms with E-state index in [9.17, 15) is 9.90 Å². The number of ether oxygens (including phenoxy) is 3. The second-order valence-corrected chi connectivity index (χ2v) is 8.09. The van der Waals surface area contributed by atoms with Crippen molar-refractivity contribution in [3.8, 4) is 17.2 Å². The Morgan fingerprint density at radius 1 is 0.967 bits per heavy atom. The van der Waals surface area contributed by atoms with E-state index in [1.165, 1.54) is 12.8 Å². The van der Waals surface area contributed by atoms with E-state index in [0.29, 0.717) is 42.6 Å². The third-order valence-electron chi connectivity index (χ3n) is 5.76. The van der Waals surface area contributed by atoms with Gasteiger partial charge < -0.3 is 24.2 Å². The molecule has 0 atom stereocenters. The van der Waals surface area contributed by atoms with Crippen LogP contribution in [0.4, 0.5) is 0 Å². The summed E-state index contributed by atoms with van der Waals surface area (Å²) in [5.74, 6) is 1.93. The molecule has 0 bridgehead atoms. The molecule has 1 aliphatic heterocycles. The number of hydrogen-bond acceptors (Lipinski definition) is 5. The number of carbonyl (C=O) groups is 1. The summed E-state index contributed by atoms with van der Waals surface area (Å²) in [5.41, 5.74) is -0.159. The molecule has 4 rings (SSSR count). The Labute approximate surface area is 177 Å². The fraction of sp³-hybridized carbons (Fsp3) is 0.458. The number of rotatable bonds is 7. The minimum Gasteiger partial charge on any atom is -0.492 e. The number of amides is 1. The molecule has 1 N–H and O–H groups in total. The van der Waals surface area contributed by atoms with Gasteiger partial charge in [0, 0.05) is 6.07 Å². The zero-order valence-corrected chi connectivity index (χ0v) is 17.2. The minimum atomic E-state index is -0.738. The highest BCUT2D eigenvalue weighted by Crippen LogP contribution is 2.29. The van der Waals surface area contributed by atoms with E-state index in [-0.39, 0.29) is 12.6 Å². The summed E-state index contributed by atoms with van der Waals surface area (Å²) in [7, 11) is 0. The van der Waals surface area contributed by atoms with Gasteiger partial charge in [0.25, 0.3) is 5.91 Å². The molecule has 2 aromatic rings. The molecule has 1 aliphatic carbocycles. The lowest BCUT2D eigenvalue weighted by molar-refractivity contribution is -0.0174. The van der Waals surface area contributed by atoms with Crippen LogP contribution in [0.15, 0.2) is 48.5 Å². The Morgan fingerprint density at radius 3 is 2.50 bits per heavy atom. The minimum absolute atomic E-state index is 0.0471. The molecule has 1 fully saturated rings. The smallest absolute Gasteiger partial charge is 0.260 e. The monoisotopic (exact) mass is 411 g/mol. The first-order valence-electron chi connectivity index (χ1n) is 10.7. The van der Waals surface area contributed by atoms with E-state index in [1.807, 2.05) is 36.4 Å². The number of hydrogen-bond donors (Lipinski definition) is 1. The largest absolute Gasteiger partial charge is 0.492 e. The summed E-state index contributed by atoms with van der Waals surface area (Å²) in [5, 5.41) is 10.8. The Bertz CT molecular complexity index is 860. The lowest BCUT2D eigenvalue weighted by atomic mass is 9.96. The van der Waals surface area contributed by atoms with Gasteiger partial charge in [0.15, 0.2) is 6.73 Å². The molecule has 160 valence electrons. The van der Waals surface area contributed by atoms with Crippen molar-refractivity contribution in [3.63, 3.8) is 0 Å². The molecular weight excluding hydrogens is 382 g/mol. The van der Waals surface area contributed by atoms with Gasteiger partial charge in [-0.2, -0.15) is 0 Å². The van der Waals surface area contributed by atoms with Crippen molar-refractivity contribution in [2.24, 2.45) is 0 Å². The van der Waals surface area contributed by atoms with Crippen molar-refractivity contribution in [2.75, 3.05) is 26.5 Å². The number of fused-ring (bicyclic) bond motifs is 1. The van der Waals surface area contributed by atoms with Gasteiger partial charge in [-0.3, -0.25) is 4.79 Å². The van der Waals surface area contributed by atoms with Crippen LogP contribution >= 0.6 is 0 Å². The van der Waals surface area contributed by atoms with Gasteiger partial charge in [0.05, 0.1) is 17.7 Å². The zero-order chi connectivity index (χ0) is 20.8. The fourth-order valence-corrected chi connectivity index (χ4v) is 3.99. The molecule has 30 heavy (non-hydrogen) atoms. The van der Waals surface area contributed by atoms with E-state index in [0.717, 1.165) is 25.7 Å². The summed E-state index contributed by atoms with van der Waals surface area (Å²) in [6.45, 7) is 1.30. The SMILES string of the molecule is O=C1c2ccccc2OCN1CCOc1cccc(OCC2(O)CCCCCC2)c1. The van der Waals surface area contributed by atoms with Crippen molar-refractivity contribution in [3.05, 3.63) is 54.1 Å². The molecule has 1 saturated carbocycles. The highest BCUT2D eigenvalue weighted by atomic mass is 16.5. The third-order valence-corrected chi connectivity index (χ3v) is 5.76. The van der Waals surface area contributed by atoms with Gasteiger partial charge in [-0.05, 0) is 37.1 Å². The van der Waals surface area contributed by atoms with Crippen LogP contribution < -0.4 is 14.2 Å². The first kappa shape index (κ1) is 20.5. The third kappa shape index (κ3) is 5.05. The molecule has 0 spiro atoms. The Morgan fingerprint density at radius 2 is 1.70 bits per heavy atom. The Hall–Kier alpha value is -2.73.